The van der Waals surface area contributed by atoms with E-state index in [1.807, 2.05) is 0 Å². The number of pyridine rings is 2. The molecule has 24 heavy (non-hydrogen) atoms. The van der Waals surface area contributed by atoms with Crippen molar-refractivity contribution >= 4 is 29.0 Å². The Morgan fingerprint density at radius 1 is 1.00 bits per heavy atom. The van der Waals surface area contributed by atoms with Crippen molar-refractivity contribution in [3.63, 3.8) is 0 Å². The van der Waals surface area contributed by atoms with Crippen molar-refractivity contribution in [2.45, 2.75) is 6.42 Å². The topological polar surface area (TPSA) is 52.1 Å². The number of nitrogens with zero attached hydrogens (tertiary/aromatic N) is 2. The maximum atomic E-state index is 12.4. The van der Waals surface area contributed by atoms with E-state index < -0.39 is 0 Å². The molecule has 1 aromatic carbocycles. The summed E-state index contributed by atoms with van der Waals surface area (Å²) in [7, 11) is 0. The normalized spacial score (nSPS) is 10.4. The van der Waals surface area contributed by atoms with Gasteiger partial charge >= 0.3 is 0 Å². The average Bonchev–Trinajstić information content (AvgIpc) is 2.55. The largest absolute Gasteiger partial charge is 0.456 e. The van der Waals surface area contributed by atoms with Crippen molar-refractivity contribution in [1.29, 1.82) is 0 Å². The van der Waals surface area contributed by atoms with Gasteiger partial charge in [0.1, 0.15) is 17.2 Å². The number of carbonyl (C=O) groups is 1. The third kappa shape index (κ3) is 4.31. The van der Waals surface area contributed by atoms with Gasteiger partial charge in [0.05, 0.1) is 6.20 Å². The maximum Gasteiger partial charge on any atom is 0.185 e. The molecule has 0 spiro atoms. The molecule has 0 atom stereocenters. The first-order valence-electron chi connectivity index (χ1n) is 7.12. The molecule has 3 rings (SSSR count). The number of rotatable bonds is 5. The predicted octanol–water partition coefficient (Wildman–Crippen LogP) is 5.00. The lowest BCUT2D eigenvalue weighted by Gasteiger charge is -2.07. The van der Waals surface area contributed by atoms with Gasteiger partial charge in [-0.2, -0.15) is 0 Å². The van der Waals surface area contributed by atoms with E-state index in [1.165, 1.54) is 6.20 Å². The molecule has 0 unspecified atom stereocenters. The molecular formula is C18H12Cl2N2O2. The molecule has 0 amide bonds. The molecule has 0 bridgehead atoms. The lowest BCUT2D eigenvalue weighted by atomic mass is 10.1. The Balaban J connectivity index is 1.76. The summed E-state index contributed by atoms with van der Waals surface area (Å²) in [6.07, 6.45) is 4.94. The van der Waals surface area contributed by atoms with Crippen LogP contribution in [-0.4, -0.2) is 15.8 Å². The second-order valence-corrected chi connectivity index (χ2v) is 5.92. The first-order chi connectivity index (χ1) is 11.6. The molecule has 0 saturated heterocycles. The number of Topliss-reactive ketones (excluding diaryl/α,β-unsaturated/α-hetero) is 1. The number of carbonyl (C=O) groups excluding carboxylic acids is 1. The molecule has 0 saturated carbocycles. The van der Waals surface area contributed by atoms with Gasteiger partial charge in [-0.15, -0.1) is 0 Å². The molecular weight excluding hydrogens is 347 g/mol. The van der Waals surface area contributed by atoms with Crippen molar-refractivity contribution in [2.24, 2.45) is 0 Å². The highest BCUT2D eigenvalue weighted by Gasteiger charge is 2.11. The lowest BCUT2D eigenvalue weighted by molar-refractivity contribution is 0.0988. The summed E-state index contributed by atoms with van der Waals surface area (Å²) < 4.78 is 5.66. The van der Waals surface area contributed by atoms with Crippen molar-refractivity contribution in [1.82, 2.24) is 9.97 Å². The zero-order valence-electron chi connectivity index (χ0n) is 12.4. The zero-order valence-corrected chi connectivity index (χ0v) is 14.0. The van der Waals surface area contributed by atoms with Crippen LogP contribution in [0.2, 0.25) is 10.0 Å². The quantitative estimate of drug-likeness (QED) is 0.602. The summed E-state index contributed by atoms with van der Waals surface area (Å²) in [5.74, 6) is 0.958. The van der Waals surface area contributed by atoms with Gasteiger partial charge in [0.25, 0.3) is 0 Å². The van der Waals surface area contributed by atoms with Gasteiger partial charge in [-0.05, 0) is 42.0 Å². The van der Waals surface area contributed by atoms with Crippen molar-refractivity contribution in [3.8, 4) is 11.5 Å². The van der Waals surface area contributed by atoms with Crippen LogP contribution in [0, 0.1) is 0 Å². The van der Waals surface area contributed by atoms with Gasteiger partial charge in [0.15, 0.2) is 5.78 Å². The number of hydrogen-bond acceptors (Lipinski definition) is 4. The van der Waals surface area contributed by atoms with Crippen LogP contribution in [0.4, 0.5) is 0 Å². The summed E-state index contributed by atoms with van der Waals surface area (Å²) in [4.78, 5) is 20.5. The second-order valence-electron chi connectivity index (χ2n) is 5.05. The third-order valence-corrected chi connectivity index (χ3v) is 3.61. The number of ether oxygens (including phenoxy) is 1. The highest BCUT2D eigenvalue weighted by atomic mass is 35.5. The minimum absolute atomic E-state index is 0.148. The van der Waals surface area contributed by atoms with Gasteiger partial charge in [0, 0.05) is 34.9 Å². The molecule has 6 heteroatoms. The van der Waals surface area contributed by atoms with Crippen LogP contribution >= 0.6 is 23.2 Å². The van der Waals surface area contributed by atoms with Crippen LogP contribution in [-0.2, 0) is 6.42 Å². The second kappa shape index (κ2) is 7.43. The molecule has 0 aliphatic rings. The Hall–Kier alpha value is -2.43. The number of ketones is 1. The Bertz CT molecular complexity index is 850. The number of halogens is 2. The lowest BCUT2D eigenvalue weighted by Crippen LogP contribution is -2.06. The molecule has 0 aliphatic carbocycles. The van der Waals surface area contributed by atoms with Crippen LogP contribution in [0.1, 0.15) is 16.1 Å². The molecule has 2 aromatic heterocycles. The maximum absolute atomic E-state index is 12.4. The van der Waals surface area contributed by atoms with Gasteiger partial charge in [0.2, 0.25) is 0 Å². The van der Waals surface area contributed by atoms with Crippen LogP contribution in [0.15, 0.2) is 61.1 Å². The first-order valence-corrected chi connectivity index (χ1v) is 7.88. The van der Waals surface area contributed by atoms with Gasteiger partial charge in [-0.1, -0.05) is 23.2 Å². The summed E-state index contributed by atoms with van der Waals surface area (Å²) in [6.45, 7) is 0. The Morgan fingerprint density at radius 3 is 2.50 bits per heavy atom. The van der Waals surface area contributed by atoms with E-state index in [9.17, 15) is 4.79 Å². The van der Waals surface area contributed by atoms with Crippen LogP contribution in [0.3, 0.4) is 0 Å². The van der Waals surface area contributed by atoms with Gasteiger partial charge in [-0.3, -0.25) is 14.8 Å². The molecule has 0 fully saturated rings. The SMILES string of the molecule is O=C(Cc1cc(Cl)cc(Cl)c1)c1cc(Oc2cccnc2)ccn1. The van der Waals surface area contributed by atoms with E-state index in [2.05, 4.69) is 9.97 Å². The van der Waals surface area contributed by atoms with Crippen molar-refractivity contribution < 1.29 is 9.53 Å². The number of hydrogen-bond donors (Lipinski definition) is 0. The van der Waals surface area contributed by atoms with Gasteiger partial charge in [-0.25, -0.2) is 0 Å². The van der Waals surface area contributed by atoms with E-state index in [-0.39, 0.29) is 12.2 Å². The molecule has 0 aliphatic heterocycles. The van der Waals surface area contributed by atoms with E-state index in [1.54, 1.807) is 54.9 Å². The van der Waals surface area contributed by atoms with Crippen LogP contribution in [0.5, 0.6) is 11.5 Å². The molecule has 0 N–H and O–H groups in total. The molecule has 3 aromatic rings. The molecule has 0 radical (unpaired) electrons. The van der Waals surface area contributed by atoms with Crippen LogP contribution in [0.25, 0.3) is 0 Å². The van der Waals surface area contributed by atoms with E-state index >= 15 is 0 Å². The van der Waals surface area contributed by atoms with E-state index in [0.717, 1.165) is 5.56 Å². The van der Waals surface area contributed by atoms with Crippen LogP contribution < -0.4 is 4.74 Å². The standard InChI is InChI=1S/C18H12Cl2N2O2/c19-13-6-12(7-14(20)9-13)8-18(23)17-10-15(3-5-22-17)24-16-2-1-4-21-11-16/h1-7,9-11H,8H2. The fourth-order valence-electron chi connectivity index (χ4n) is 2.16. The fraction of sp³-hybridized carbons (Fsp3) is 0.0556. The summed E-state index contributed by atoms with van der Waals surface area (Å²) in [6, 6.07) is 11.9. The first kappa shape index (κ1) is 16.4. The fourth-order valence-corrected chi connectivity index (χ4v) is 2.73. The Labute approximate surface area is 149 Å². The zero-order chi connectivity index (χ0) is 16.9. The Morgan fingerprint density at radius 2 is 1.79 bits per heavy atom. The highest BCUT2D eigenvalue weighted by molar-refractivity contribution is 6.34. The van der Waals surface area contributed by atoms with Gasteiger partial charge < -0.3 is 4.74 Å². The summed E-state index contributed by atoms with van der Waals surface area (Å²) in [5, 5.41) is 0.985. The highest BCUT2D eigenvalue weighted by Crippen LogP contribution is 2.22. The minimum Gasteiger partial charge on any atom is -0.456 e. The van der Waals surface area contributed by atoms with Crippen molar-refractivity contribution in [3.05, 3.63) is 82.4 Å². The monoisotopic (exact) mass is 358 g/mol. The number of aromatic nitrogens is 2. The number of benzene rings is 1. The molecule has 120 valence electrons. The molecule has 2 heterocycles. The summed E-state index contributed by atoms with van der Waals surface area (Å²) in [5.41, 5.74) is 1.05. The predicted molar refractivity (Wildman–Crippen MR) is 93.0 cm³/mol. The van der Waals surface area contributed by atoms with E-state index in [4.69, 9.17) is 27.9 Å². The smallest absolute Gasteiger partial charge is 0.185 e. The van der Waals surface area contributed by atoms with E-state index in [0.29, 0.717) is 27.2 Å². The Kier molecular flexibility index (Phi) is 5.08. The minimum atomic E-state index is -0.148. The van der Waals surface area contributed by atoms with Crippen molar-refractivity contribution in [2.75, 3.05) is 0 Å². The molecule has 4 nitrogen and oxygen atoms in total. The average molecular weight is 359 g/mol. The summed E-state index contributed by atoms with van der Waals surface area (Å²) >= 11 is 11.9. The third-order valence-electron chi connectivity index (χ3n) is 3.17.